The average Bonchev–Trinajstić information content (AvgIpc) is 2.71. The van der Waals surface area contributed by atoms with Crippen LogP contribution in [0.3, 0.4) is 0 Å². The Morgan fingerprint density at radius 2 is 1.42 bits per heavy atom. The molecular weight excluding hydrogens is 221 g/mol. The van der Waals surface area contributed by atoms with Gasteiger partial charge in [0.05, 0.1) is 0 Å². The van der Waals surface area contributed by atoms with E-state index in [1.807, 2.05) is 12.2 Å². The molecule has 0 aromatic carbocycles. The molecule has 0 aliphatic heterocycles. The van der Waals surface area contributed by atoms with Gasteiger partial charge in [0.2, 0.25) is 0 Å². The average molecular weight is 241 g/mol. The van der Waals surface area contributed by atoms with Crippen molar-refractivity contribution in [3.8, 4) is 0 Å². The van der Waals surface area contributed by atoms with E-state index < -0.39 is 0 Å². The maximum Gasteiger partial charge on any atom is 0 e. The largest absolute Gasteiger partial charge is 0.346 e. The van der Waals surface area contributed by atoms with Gasteiger partial charge in [0, 0.05) is 32.7 Å². The van der Waals surface area contributed by atoms with Gasteiger partial charge in [0.15, 0.2) is 0 Å². The van der Waals surface area contributed by atoms with Crippen LogP contribution in [0.5, 0.6) is 0 Å². The Morgan fingerprint density at radius 1 is 1.00 bits per heavy atom. The first-order valence-corrected chi connectivity index (χ1v) is 3.84. The molecule has 0 aromatic heterocycles. The summed E-state index contributed by atoms with van der Waals surface area (Å²) in [6.45, 7) is 15.0. The van der Waals surface area contributed by atoms with E-state index >= 15 is 0 Å². The van der Waals surface area contributed by atoms with Crippen LogP contribution in [0.1, 0.15) is 27.2 Å². The second-order valence-corrected chi connectivity index (χ2v) is 1.00. The maximum absolute atomic E-state index is 3.25. The zero-order valence-corrected chi connectivity index (χ0v) is 11.5. The van der Waals surface area contributed by atoms with Gasteiger partial charge in [-0.15, -0.1) is 6.42 Å². The molecule has 0 heterocycles. The Balaban J connectivity index is -0.0000000406. The quantitative estimate of drug-likeness (QED) is 0.565. The maximum atomic E-state index is 3.25. The van der Waals surface area contributed by atoms with E-state index in [1.165, 1.54) is 0 Å². The SMILES string of the molecule is [C-]1=CC=CC1.[CH2-]C.[CH2-]C.[CH2-]C.[Y]. The Labute approximate surface area is 104 Å². The van der Waals surface area contributed by atoms with Gasteiger partial charge in [0.25, 0.3) is 0 Å². The molecule has 1 heteroatoms. The van der Waals surface area contributed by atoms with E-state index in [0.29, 0.717) is 0 Å². The number of rotatable bonds is 0. The van der Waals surface area contributed by atoms with E-state index in [1.54, 1.807) is 20.8 Å². The van der Waals surface area contributed by atoms with Gasteiger partial charge in [-0.1, -0.05) is 0 Å². The number of allylic oxidation sites excluding steroid dienone is 4. The predicted molar refractivity (Wildman–Crippen MR) is 54.7 cm³/mol. The van der Waals surface area contributed by atoms with Crippen molar-refractivity contribution in [2.24, 2.45) is 0 Å². The van der Waals surface area contributed by atoms with Crippen LogP contribution in [0.25, 0.3) is 0 Å². The predicted octanol–water partition coefficient (Wildman–Crippen LogP) is 3.82. The summed E-state index contributed by atoms with van der Waals surface area (Å²) in [6.07, 6.45) is 10.0. The summed E-state index contributed by atoms with van der Waals surface area (Å²) in [5.41, 5.74) is 0. The summed E-state index contributed by atoms with van der Waals surface area (Å²) in [7, 11) is 0. The summed E-state index contributed by atoms with van der Waals surface area (Å²) in [5.74, 6) is 0. The second kappa shape index (κ2) is 41.6. The molecule has 0 fully saturated rings. The van der Waals surface area contributed by atoms with Crippen molar-refractivity contribution in [2.75, 3.05) is 0 Å². The third-order valence-corrected chi connectivity index (χ3v) is 0.586. The van der Waals surface area contributed by atoms with Gasteiger partial charge in [-0.25, -0.2) is 12.2 Å². The minimum absolute atomic E-state index is 0. The molecule has 12 heavy (non-hydrogen) atoms. The molecule has 0 saturated heterocycles. The van der Waals surface area contributed by atoms with Crippen LogP contribution in [0.15, 0.2) is 18.2 Å². The molecule has 0 N–H and O–H groups in total. The first-order valence-electron chi connectivity index (χ1n) is 3.84. The zero-order valence-electron chi connectivity index (χ0n) is 8.64. The van der Waals surface area contributed by atoms with Crippen LogP contribution in [0.2, 0.25) is 0 Å². The Kier molecular flexibility index (Phi) is 79.5. The van der Waals surface area contributed by atoms with Crippen molar-refractivity contribution in [3.05, 3.63) is 45.1 Å². The van der Waals surface area contributed by atoms with Gasteiger partial charge >= 0.3 is 0 Å². The molecule has 1 radical (unpaired) electrons. The second-order valence-electron chi connectivity index (χ2n) is 1.00. The molecule has 1 aliphatic rings. The number of hydrogen-bond acceptors (Lipinski definition) is 0. The topological polar surface area (TPSA) is 0 Å². The summed E-state index contributed by atoms with van der Waals surface area (Å²) in [6, 6.07) is 0. The molecule has 71 valence electrons. The molecular formula is C11H20Y-4. The van der Waals surface area contributed by atoms with Crippen LogP contribution in [-0.2, 0) is 32.7 Å². The van der Waals surface area contributed by atoms with E-state index in [9.17, 15) is 0 Å². The van der Waals surface area contributed by atoms with Crippen LogP contribution >= 0.6 is 0 Å². The number of hydrogen-bond donors (Lipinski definition) is 0. The van der Waals surface area contributed by atoms with Crippen molar-refractivity contribution in [1.82, 2.24) is 0 Å². The van der Waals surface area contributed by atoms with Gasteiger partial charge < -0.3 is 20.8 Å². The Hall–Kier alpha value is 0.584. The molecule has 0 atom stereocenters. The van der Waals surface area contributed by atoms with Gasteiger partial charge in [-0.2, -0.15) is 26.8 Å². The normalized spacial score (nSPS) is 8.83. The molecule has 0 amide bonds. The van der Waals surface area contributed by atoms with E-state index in [-0.39, 0.29) is 32.7 Å². The molecule has 0 unspecified atom stereocenters. The molecule has 0 bridgehead atoms. The van der Waals surface area contributed by atoms with Gasteiger partial charge in [-0.05, 0) is 0 Å². The first-order chi connectivity index (χ1) is 5.50. The van der Waals surface area contributed by atoms with Gasteiger partial charge in [0.1, 0.15) is 0 Å². The fourth-order valence-corrected chi connectivity index (χ4v) is 0.340. The van der Waals surface area contributed by atoms with Crippen molar-refractivity contribution < 1.29 is 32.7 Å². The van der Waals surface area contributed by atoms with Crippen molar-refractivity contribution in [2.45, 2.75) is 27.2 Å². The molecule has 1 aliphatic carbocycles. The zero-order chi connectivity index (χ0) is 9.54. The molecule has 1 rings (SSSR count). The first kappa shape index (κ1) is 22.9. The van der Waals surface area contributed by atoms with Crippen molar-refractivity contribution in [1.29, 1.82) is 0 Å². The van der Waals surface area contributed by atoms with Gasteiger partial charge in [-0.3, -0.25) is 6.08 Å². The Morgan fingerprint density at radius 3 is 1.50 bits per heavy atom. The molecule has 0 spiro atoms. The van der Waals surface area contributed by atoms with Crippen molar-refractivity contribution in [3.63, 3.8) is 0 Å². The minimum Gasteiger partial charge on any atom is -0.346 e. The van der Waals surface area contributed by atoms with Crippen molar-refractivity contribution >= 4 is 0 Å². The summed E-state index contributed by atoms with van der Waals surface area (Å²) in [5, 5.41) is 0. The fraction of sp³-hybridized carbons (Fsp3) is 0.364. The summed E-state index contributed by atoms with van der Waals surface area (Å²) in [4.78, 5) is 0. The van der Waals surface area contributed by atoms with Crippen LogP contribution in [-0.4, -0.2) is 0 Å². The van der Waals surface area contributed by atoms with Crippen LogP contribution in [0, 0.1) is 26.8 Å². The summed E-state index contributed by atoms with van der Waals surface area (Å²) >= 11 is 0. The monoisotopic (exact) mass is 241 g/mol. The van der Waals surface area contributed by atoms with E-state index in [4.69, 9.17) is 0 Å². The van der Waals surface area contributed by atoms with Crippen LogP contribution in [0.4, 0.5) is 0 Å². The summed E-state index contributed by atoms with van der Waals surface area (Å²) < 4.78 is 0. The van der Waals surface area contributed by atoms with E-state index in [0.717, 1.165) is 6.42 Å². The molecule has 0 aromatic rings. The fourth-order valence-electron chi connectivity index (χ4n) is 0.340. The molecule has 0 nitrogen and oxygen atoms in total. The standard InChI is InChI=1S/C5H5.3C2H5.Y/c1-2-4-5-3-1;3*1-2;/h1-3H,4H2;3*1H2,2H3;/q4*-1;. The molecule has 0 saturated carbocycles. The van der Waals surface area contributed by atoms with E-state index in [2.05, 4.69) is 32.9 Å². The smallest absolute Gasteiger partial charge is 0 e. The third-order valence-electron chi connectivity index (χ3n) is 0.586. The third kappa shape index (κ3) is 31.2. The minimum atomic E-state index is 0. The van der Waals surface area contributed by atoms with Crippen LogP contribution < -0.4 is 0 Å². The Bertz CT molecular complexity index is 63.1.